The van der Waals surface area contributed by atoms with E-state index in [2.05, 4.69) is 18.7 Å². The van der Waals surface area contributed by atoms with Crippen LogP contribution in [0.15, 0.2) is 0 Å². The van der Waals surface area contributed by atoms with E-state index in [1.165, 1.54) is 64.5 Å². The summed E-state index contributed by atoms with van der Waals surface area (Å²) in [5.74, 6) is 0.890. The highest BCUT2D eigenvalue weighted by Crippen LogP contribution is 2.39. The molecule has 0 amide bonds. The topological polar surface area (TPSA) is 29.3 Å². The number of nitrogens with zero attached hydrogens (tertiary/aromatic N) is 1. The first kappa shape index (κ1) is 14.3. The molecule has 2 heteroatoms. The second-order valence-corrected chi connectivity index (χ2v) is 7.04. The van der Waals surface area contributed by atoms with Gasteiger partial charge in [-0.25, -0.2) is 0 Å². The summed E-state index contributed by atoms with van der Waals surface area (Å²) in [4.78, 5) is 2.72. The van der Waals surface area contributed by atoms with Gasteiger partial charge in [0, 0.05) is 12.6 Å². The fourth-order valence-corrected chi connectivity index (χ4v) is 3.93. The molecule has 2 rings (SSSR count). The Morgan fingerprint density at radius 1 is 1.11 bits per heavy atom. The molecule has 2 N–H and O–H groups in total. The summed E-state index contributed by atoms with van der Waals surface area (Å²) in [6, 6.07) is 0.791. The second kappa shape index (κ2) is 6.38. The molecule has 2 fully saturated rings. The van der Waals surface area contributed by atoms with E-state index in [-0.39, 0.29) is 0 Å². The second-order valence-electron chi connectivity index (χ2n) is 7.04. The summed E-state index contributed by atoms with van der Waals surface area (Å²) in [5, 5.41) is 0. The number of hydrogen-bond donors (Lipinski definition) is 1. The first-order valence-electron chi connectivity index (χ1n) is 8.09. The Balaban J connectivity index is 1.84. The predicted octanol–water partition coefficient (Wildman–Crippen LogP) is 3.41. The van der Waals surface area contributed by atoms with Crippen LogP contribution in [0.25, 0.3) is 0 Å². The summed E-state index contributed by atoms with van der Waals surface area (Å²) >= 11 is 0. The van der Waals surface area contributed by atoms with E-state index in [9.17, 15) is 0 Å². The van der Waals surface area contributed by atoms with Crippen LogP contribution >= 0.6 is 0 Å². The third-order valence-electron chi connectivity index (χ3n) is 5.52. The molecule has 2 atom stereocenters. The highest BCUT2D eigenvalue weighted by atomic mass is 15.2. The van der Waals surface area contributed by atoms with Crippen molar-refractivity contribution in [2.75, 3.05) is 19.6 Å². The van der Waals surface area contributed by atoms with Crippen LogP contribution in [0, 0.1) is 11.3 Å². The van der Waals surface area contributed by atoms with Crippen molar-refractivity contribution in [1.29, 1.82) is 0 Å². The van der Waals surface area contributed by atoms with Crippen LogP contribution in [-0.4, -0.2) is 30.6 Å². The van der Waals surface area contributed by atoms with E-state index in [1.807, 2.05) is 0 Å². The lowest BCUT2D eigenvalue weighted by atomic mass is 9.71. The molecule has 2 nitrogen and oxygen atoms in total. The maximum Gasteiger partial charge on any atom is 0.00671 e. The highest BCUT2D eigenvalue weighted by Gasteiger charge is 2.32. The molecule has 18 heavy (non-hydrogen) atoms. The zero-order valence-corrected chi connectivity index (χ0v) is 12.5. The Hall–Kier alpha value is -0.0800. The minimum atomic E-state index is 0.485. The zero-order chi connectivity index (χ0) is 13.0. The fraction of sp³-hybridized carbons (Fsp3) is 1.00. The van der Waals surface area contributed by atoms with Crippen molar-refractivity contribution in [3.05, 3.63) is 0 Å². The fourth-order valence-electron chi connectivity index (χ4n) is 3.93. The molecule has 0 bridgehead atoms. The first-order chi connectivity index (χ1) is 8.65. The van der Waals surface area contributed by atoms with E-state index in [4.69, 9.17) is 5.73 Å². The summed E-state index contributed by atoms with van der Waals surface area (Å²) in [5.41, 5.74) is 6.58. The zero-order valence-electron chi connectivity index (χ0n) is 12.5. The lowest BCUT2D eigenvalue weighted by molar-refractivity contribution is 0.0881. The minimum absolute atomic E-state index is 0.485. The van der Waals surface area contributed by atoms with Gasteiger partial charge < -0.3 is 10.6 Å². The van der Waals surface area contributed by atoms with Gasteiger partial charge in [-0.1, -0.05) is 26.2 Å². The molecule has 2 aliphatic rings. The van der Waals surface area contributed by atoms with Crippen molar-refractivity contribution in [2.24, 2.45) is 17.1 Å². The largest absolute Gasteiger partial charge is 0.330 e. The van der Waals surface area contributed by atoms with Crippen LogP contribution in [-0.2, 0) is 0 Å². The molecule has 1 aliphatic heterocycles. The van der Waals surface area contributed by atoms with Crippen molar-refractivity contribution < 1.29 is 0 Å². The molecule has 0 spiro atoms. The maximum atomic E-state index is 6.10. The van der Waals surface area contributed by atoms with Gasteiger partial charge in [0.2, 0.25) is 0 Å². The molecule has 0 aromatic heterocycles. The van der Waals surface area contributed by atoms with Crippen LogP contribution in [0.4, 0.5) is 0 Å². The SMILES string of the molecule is CC1CCC(C)N(CCC2(CN)CCCCC2)C1. The lowest BCUT2D eigenvalue weighted by Crippen LogP contribution is -2.44. The Morgan fingerprint density at radius 2 is 1.83 bits per heavy atom. The molecular weight excluding hydrogens is 220 g/mol. The first-order valence-corrected chi connectivity index (χ1v) is 8.09. The quantitative estimate of drug-likeness (QED) is 0.831. The standard InChI is InChI=1S/C16H32N2/c1-14-6-7-15(2)18(12-14)11-10-16(13-17)8-4-3-5-9-16/h14-15H,3-13,17H2,1-2H3. The van der Waals surface area contributed by atoms with Gasteiger partial charge in [0.15, 0.2) is 0 Å². The molecule has 0 aromatic rings. The van der Waals surface area contributed by atoms with E-state index in [1.54, 1.807) is 0 Å². The van der Waals surface area contributed by atoms with Crippen molar-refractivity contribution in [3.8, 4) is 0 Å². The van der Waals surface area contributed by atoms with Crippen LogP contribution < -0.4 is 5.73 Å². The number of piperidine rings is 1. The van der Waals surface area contributed by atoms with Crippen LogP contribution in [0.3, 0.4) is 0 Å². The van der Waals surface area contributed by atoms with E-state index >= 15 is 0 Å². The van der Waals surface area contributed by atoms with Crippen molar-refractivity contribution >= 4 is 0 Å². The number of likely N-dealkylation sites (tertiary alicyclic amines) is 1. The molecule has 0 aromatic carbocycles. The molecule has 0 radical (unpaired) electrons. The van der Waals surface area contributed by atoms with Gasteiger partial charge in [0.05, 0.1) is 0 Å². The molecule has 2 unspecified atom stereocenters. The van der Waals surface area contributed by atoms with E-state index in [0.29, 0.717) is 5.41 Å². The molecule has 1 saturated carbocycles. The van der Waals surface area contributed by atoms with Crippen molar-refractivity contribution in [3.63, 3.8) is 0 Å². The van der Waals surface area contributed by atoms with Crippen molar-refractivity contribution in [2.45, 2.75) is 71.3 Å². The van der Waals surface area contributed by atoms with Crippen LogP contribution in [0.1, 0.15) is 65.2 Å². The molecule has 106 valence electrons. The molecular formula is C16H32N2. The monoisotopic (exact) mass is 252 g/mol. The van der Waals surface area contributed by atoms with Gasteiger partial charge in [-0.2, -0.15) is 0 Å². The van der Waals surface area contributed by atoms with Gasteiger partial charge in [-0.3, -0.25) is 0 Å². The minimum Gasteiger partial charge on any atom is -0.330 e. The number of nitrogens with two attached hydrogens (primary N) is 1. The Morgan fingerprint density at radius 3 is 2.50 bits per heavy atom. The summed E-state index contributed by atoms with van der Waals surface area (Å²) < 4.78 is 0. The van der Waals surface area contributed by atoms with Crippen molar-refractivity contribution in [1.82, 2.24) is 4.90 Å². The Kier molecular flexibility index (Phi) is 5.08. The summed E-state index contributed by atoms with van der Waals surface area (Å²) in [7, 11) is 0. The molecule has 1 heterocycles. The maximum absolute atomic E-state index is 6.10. The normalized spacial score (nSPS) is 33.5. The van der Waals surface area contributed by atoms with Gasteiger partial charge in [-0.05, 0) is 63.5 Å². The number of hydrogen-bond acceptors (Lipinski definition) is 2. The van der Waals surface area contributed by atoms with Gasteiger partial charge >= 0.3 is 0 Å². The summed E-state index contributed by atoms with van der Waals surface area (Å²) in [6.07, 6.45) is 11.1. The van der Waals surface area contributed by atoms with Crippen LogP contribution in [0.2, 0.25) is 0 Å². The number of rotatable bonds is 4. The van der Waals surface area contributed by atoms with Gasteiger partial charge in [0.25, 0.3) is 0 Å². The molecule has 1 saturated heterocycles. The Bertz CT molecular complexity index is 245. The smallest absolute Gasteiger partial charge is 0.00671 e. The average molecular weight is 252 g/mol. The highest BCUT2D eigenvalue weighted by molar-refractivity contribution is 4.86. The molecule has 1 aliphatic carbocycles. The predicted molar refractivity (Wildman–Crippen MR) is 78.6 cm³/mol. The van der Waals surface area contributed by atoms with E-state index < -0.39 is 0 Å². The average Bonchev–Trinajstić information content (AvgIpc) is 2.41. The summed E-state index contributed by atoms with van der Waals surface area (Å²) in [6.45, 7) is 8.30. The third kappa shape index (κ3) is 3.48. The van der Waals surface area contributed by atoms with Gasteiger partial charge in [0.1, 0.15) is 0 Å². The lowest BCUT2D eigenvalue weighted by Gasteiger charge is -2.41. The van der Waals surface area contributed by atoms with Gasteiger partial charge in [-0.15, -0.1) is 0 Å². The Labute approximate surface area is 113 Å². The van der Waals surface area contributed by atoms with E-state index in [0.717, 1.165) is 18.5 Å². The third-order valence-corrected chi connectivity index (χ3v) is 5.52. The van der Waals surface area contributed by atoms with Crippen LogP contribution in [0.5, 0.6) is 0 Å².